The summed E-state index contributed by atoms with van der Waals surface area (Å²) in [6.45, 7) is 0.192. The Balaban J connectivity index is 1.90. The van der Waals surface area contributed by atoms with Gasteiger partial charge in [-0.2, -0.15) is 0 Å². The van der Waals surface area contributed by atoms with Gasteiger partial charge in [-0.1, -0.05) is 24.3 Å². The molecule has 1 aliphatic rings. The van der Waals surface area contributed by atoms with Crippen LogP contribution >= 0.6 is 0 Å². The number of carbonyl (C=O) groups excluding carboxylic acids is 2. The first-order valence-electron chi connectivity index (χ1n) is 6.45. The predicted molar refractivity (Wildman–Crippen MR) is 79.4 cm³/mol. The summed E-state index contributed by atoms with van der Waals surface area (Å²) in [7, 11) is -1.09. The Hall–Kier alpha value is -2.27. The molecule has 1 atom stereocenters. The van der Waals surface area contributed by atoms with Crippen molar-refractivity contribution in [2.75, 3.05) is 6.26 Å². The second-order valence-corrected chi connectivity index (χ2v) is 6.22. The van der Waals surface area contributed by atoms with Gasteiger partial charge in [0, 0.05) is 22.0 Å². The van der Waals surface area contributed by atoms with Crippen LogP contribution in [0.5, 0.6) is 0 Å². The highest BCUT2D eigenvalue weighted by Crippen LogP contribution is 2.24. The lowest BCUT2D eigenvalue weighted by Crippen LogP contribution is -2.29. The molecule has 0 fully saturated rings. The number of benzene rings is 2. The van der Waals surface area contributed by atoms with E-state index in [-0.39, 0.29) is 18.4 Å². The van der Waals surface area contributed by atoms with E-state index >= 15 is 0 Å². The third-order valence-corrected chi connectivity index (χ3v) is 4.37. The van der Waals surface area contributed by atoms with E-state index in [1.54, 1.807) is 48.7 Å². The van der Waals surface area contributed by atoms with Crippen molar-refractivity contribution in [1.82, 2.24) is 4.90 Å². The van der Waals surface area contributed by atoms with Gasteiger partial charge in [0.2, 0.25) is 0 Å². The number of imide groups is 1. The molecule has 2 amide bonds. The number of nitrogens with zero attached hydrogens (tertiary/aromatic N) is 1. The number of amides is 2. The summed E-state index contributed by atoms with van der Waals surface area (Å²) in [5, 5.41) is 0. The molecule has 1 unspecified atom stereocenters. The van der Waals surface area contributed by atoms with Gasteiger partial charge in [0.1, 0.15) is 0 Å². The standard InChI is InChI=1S/C16H13NO3S/c1-21(20)12-6-4-5-11(9-12)10-17-15(18)13-7-2-3-8-14(13)16(17)19/h2-9H,10H2,1H3. The molecule has 0 saturated heterocycles. The molecular weight excluding hydrogens is 286 g/mol. The molecule has 0 N–H and O–H groups in total. The third kappa shape index (κ3) is 2.40. The minimum absolute atomic E-state index is 0.192. The number of fused-ring (bicyclic) bond motifs is 1. The largest absolute Gasteiger partial charge is 0.270 e. The highest BCUT2D eigenvalue weighted by Gasteiger charge is 2.34. The fraction of sp³-hybridized carbons (Fsp3) is 0.125. The maximum Gasteiger partial charge on any atom is 0.261 e. The van der Waals surface area contributed by atoms with Crippen LogP contribution in [0.2, 0.25) is 0 Å². The molecule has 0 aromatic heterocycles. The zero-order valence-electron chi connectivity index (χ0n) is 11.4. The van der Waals surface area contributed by atoms with Crippen molar-refractivity contribution < 1.29 is 13.8 Å². The van der Waals surface area contributed by atoms with Gasteiger partial charge in [-0.25, -0.2) is 0 Å². The average molecular weight is 299 g/mol. The SMILES string of the molecule is CS(=O)c1cccc(CN2C(=O)c3ccccc3C2=O)c1. The van der Waals surface area contributed by atoms with E-state index in [2.05, 4.69) is 0 Å². The molecule has 0 saturated carbocycles. The van der Waals surface area contributed by atoms with Crippen LogP contribution in [0, 0.1) is 0 Å². The first-order valence-corrected chi connectivity index (χ1v) is 8.01. The Morgan fingerprint density at radius 1 is 0.952 bits per heavy atom. The molecule has 3 rings (SSSR count). The van der Waals surface area contributed by atoms with Crippen molar-refractivity contribution in [2.24, 2.45) is 0 Å². The summed E-state index contributed by atoms with van der Waals surface area (Å²) in [6, 6.07) is 13.9. The van der Waals surface area contributed by atoms with Crippen LogP contribution < -0.4 is 0 Å². The number of rotatable bonds is 3. The molecule has 5 heteroatoms. The lowest BCUT2D eigenvalue weighted by molar-refractivity contribution is 0.0642. The van der Waals surface area contributed by atoms with Gasteiger partial charge in [-0.3, -0.25) is 18.7 Å². The van der Waals surface area contributed by atoms with Crippen molar-refractivity contribution in [3.05, 3.63) is 65.2 Å². The highest BCUT2D eigenvalue weighted by molar-refractivity contribution is 7.84. The molecule has 106 valence electrons. The fourth-order valence-electron chi connectivity index (χ4n) is 2.39. The second kappa shape index (κ2) is 5.26. The normalized spacial score (nSPS) is 15.2. The van der Waals surface area contributed by atoms with Crippen LogP contribution in [0.3, 0.4) is 0 Å². The number of hydrogen-bond donors (Lipinski definition) is 0. The topological polar surface area (TPSA) is 54.5 Å². The third-order valence-electron chi connectivity index (χ3n) is 3.45. The summed E-state index contributed by atoms with van der Waals surface area (Å²) in [4.78, 5) is 26.5. The summed E-state index contributed by atoms with van der Waals surface area (Å²) in [5.41, 5.74) is 1.67. The first kappa shape index (κ1) is 13.7. The van der Waals surface area contributed by atoms with Gasteiger partial charge in [0.25, 0.3) is 11.8 Å². The zero-order valence-corrected chi connectivity index (χ0v) is 12.2. The van der Waals surface area contributed by atoms with Crippen LogP contribution in [0.15, 0.2) is 53.4 Å². The molecule has 21 heavy (non-hydrogen) atoms. The summed E-state index contributed by atoms with van der Waals surface area (Å²) in [6.07, 6.45) is 1.60. The molecule has 0 bridgehead atoms. The van der Waals surface area contributed by atoms with E-state index in [9.17, 15) is 13.8 Å². The van der Waals surface area contributed by atoms with Crippen LogP contribution in [0.1, 0.15) is 26.3 Å². The molecule has 2 aromatic rings. The van der Waals surface area contributed by atoms with Gasteiger partial charge in [0.15, 0.2) is 0 Å². The number of hydrogen-bond acceptors (Lipinski definition) is 3. The van der Waals surface area contributed by atoms with Crippen molar-refractivity contribution in [3.8, 4) is 0 Å². The maximum atomic E-state index is 12.3. The Morgan fingerprint density at radius 2 is 1.57 bits per heavy atom. The molecule has 0 radical (unpaired) electrons. The molecule has 1 heterocycles. The summed E-state index contributed by atoms with van der Waals surface area (Å²) in [5.74, 6) is -0.558. The van der Waals surface area contributed by atoms with E-state index in [0.29, 0.717) is 16.0 Å². The minimum atomic E-state index is -1.09. The minimum Gasteiger partial charge on any atom is -0.270 e. The fourth-order valence-corrected chi connectivity index (χ4v) is 2.98. The van der Waals surface area contributed by atoms with Crippen LogP contribution in [-0.4, -0.2) is 27.2 Å². The second-order valence-electron chi connectivity index (χ2n) is 4.84. The van der Waals surface area contributed by atoms with Gasteiger partial charge in [0.05, 0.1) is 17.7 Å². The predicted octanol–water partition coefficient (Wildman–Crippen LogP) is 2.22. The summed E-state index contributed by atoms with van der Waals surface area (Å²) >= 11 is 0. The van der Waals surface area contributed by atoms with E-state index in [0.717, 1.165) is 5.56 Å². The monoisotopic (exact) mass is 299 g/mol. The quantitative estimate of drug-likeness (QED) is 0.817. The Labute approximate surface area is 124 Å². The van der Waals surface area contributed by atoms with Crippen LogP contribution in [0.25, 0.3) is 0 Å². The van der Waals surface area contributed by atoms with E-state index in [4.69, 9.17) is 0 Å². The summed E-state index contributed by atoms with van der Waals surface area (Å²) < 4.78 is 11.5. The Kier molecular flexibility index (Phi) is 3.43. The van der Waals surface area contributed by atoms with Gasteiger partial charge >= 0.3 is 0 Å². The van der Waals surface area contributed by atoms with E-state index in [1.165, 1.54) is 4.90 Å². The van der Waals surface area contributed by atoms with Gasteiger partial charge < -0.3 is 0 Å². The Morgan fingerprint density at radius 3 is 2.14 bits per heavy atom. The zero-order chi connectivity index (χ0) is 15.0. The van der Waals surface area contributed by atoms with Gasteiger partial charge in [-0.15, -0.1) is 0 Å². The van der Waals surface area contributed by atoms with Crippen LogP contribution in [-0.2, 0) is 17.3 Å². The van der Waals surface area contributed by atoms with Crippen molar-refractivity contribution in [1.29, 1.82) is 0 Å². The molecular formula is C16H13NO3S. The first-order chi connectivity index (χ1) is 10.1. The number of carbonyl (C=O) groups is 2. The lowest BCUT2D eigenvalue weighted by atomic mass is 10.1. The van der Waals surface area contributed by atoms with E-state index in [1.807, 2.05) is 6.07 Å². The molecule has 0 aliphatic carbocycles. The smallest absolute Gasteiger partial charge is 0.261 e. The average Bonchev–Trinajstić information content (AvgIpc) is 2.73. The van der Waals surface area contributed by atoms with Crippen molar-refractivity contribution in [2.45, 2.75) is 11.4 Å². The molecule has 2 aromatic carbocycles. The van der Waals surface area contributed by atoms with Crippen LogP contribution in [0.4, 0.5) is 0 Å². The Bertz CT molecular complexity index is 735. The van der Waals surface area contributed by atoms with E-state index < -0.39 is 10.8 Å². The van der Waals surface area contributed by atoms with Gasteiger partial charge in [-0.05, 0) is 29.8 Å². The van der Waals surface area contributed by atoms with Crippen molar-refractivity contribution in [3.63, 3.8) is 0 Å². The highest BCUT2D eigenvalue weighted by atomic mass is 32.2. The van der Waals surface area contributed by atoms with Crippen molar-refractivity contribution >= 4 is 22.6 Å². The molecule has 4 nitrogen and oxygen atoms in total. The maximum absolute atomic E-state index is 12.3. The lowest BCUT2D eigenvalue weighted by Gasteiger charge is -2.14. The molecule has 1 aliphatic heterocycles. The molecule has 0 spiro atoms.